The van der Waals surface area contributed by atoms with E-state index in [1.807, 2.05) is 4.57 Å². The third kappa shape index (κ3) is 5.62. The van der Waals surface area contributed by atoms with Crippen LogP contribution in [0.4, 0.5) is 22.0 Å². The minimum absolute atomic E-state index is 0.0156. The van der Waals surface area contributed by atoms with Crippen molar-refractivity contribution in [3.05, 3.63) is 51.6 Å². The zero-order valence-electron chi connectivity index (χ0n) is 14.8. The molecule has 1 atom stereocenters. The predicted octanol–water partition coefficient (Wildman–Crippen LogP) is 3.67. The highest BCUT2D eigenvalue weighted by Gasteiger charge is 2.38. The van der Waals surface area contributed by atoms with Crippen LogP contribution in [0.15, 0.2) is 18.3 Å². The van der Waals surface area contributed by atoms with Crippen LogP contribution in [-0.4, -0.2) is 32.6 Å². The summed E-state index contributed by atoms with van der Waals surface area (Å²) in [6, 6.07) is 2.34. The first-order chi connectivity index (χ1) is 13.4. The van der Waals surface area contributed by atoms with Crippen LogP contribution in [0.25, 0.3) is 0 Å². The minimum Gasteiger partial charge on any atom is -0.475 e. The van der Waals surface area contributed by atoms with Crippen LogP contribution in [0.1, 0.15) is 29.3 Å². The van der Waals surface area contributed by atoms with Crippen molar-refractivity contribution in [3.63, 3.8) is 0 Å². The summed E-state index contributed by atoms with van der Waals surface area (Å²) in [5.41, 5.74) is 7.57. The lowest BCUT2D eigenvalue weighted by molar-refractivity contribution is -0.192. The van der Waals surface area contributed by atoms with Crippen LogP contribution in [0.5, 0.6) is 0 Å². The highest BCUT2D eigenvalue weighted by molar-refractivity contribution is 7.71. The Bertz CT molecular complexity index is 983. The summed E-state index contributed by atoms with van der Waals surface area (Å²) < 4.78 is 61.4. The fraction of sp³-hybridized carbons (Fsp3) is 0.353. The number of hydrogen-bond donors (Lipinski definition) is 4. The number of halogens is 5. The lowest BCUT2D eigenvalue weighted by Gasteiger charge is -2.27. The van der Waals surface area contributed by atoms with Gasteiger partial charge >= 0.3 is 12.1 Å². The van der Waals surface area contributed by atoms with E-state index in [4.69, 9.17) is 33.3 Å². The number of aromatic nitrogens is 2. The largest absolute Gasteiger partial charge is 0.490 e. The fourth-order valence-electron chi connectivity index (χ4n) is 3.15. The molecule has 0 bridgehead atoms. The number of imidazole rings is 1. The van der Waals surface area contributed by atoms with Gasteiger partial charge in [-0.05, 0) is 48.7 Å². The van der Waals surface area contributed by atoms with Crippen LogP contribution in [0.2, 0.25) is 0 Å². The van der Waals surface area contributed by atoms with E-state index in [0.29, 0.717) is 41.6 Å². The molecule has 2 aromatic rings. The van der Waals surface area contributed by atoms with Gasteiger partial charge in [0.15, 0.2) is 4.77 Å². The van der Waals surface area contributed by atoms with Crippen molar-refractivity contribution in [2.75, 3.05) is 0 Å². The Kier molecular flexibility index (Phi) is 6.77. The molecule has 0 fully saturated rings. The normalized spacial score (nSPS) is 15.8. The molecule has 3 rings (SSSR count). The Labute approximate surface area is 166 Å². The highest BCUT2D eigenvalue weighted by atomic mass is 32.1. The molecule has 1 aliphatic rings. The van der Waals surface area contributed by atoms with Crippen LogP contribution in [-0.2, 0) is 24.1 Å². The maximum atomic E-state index is 13.8. The van der Waals surface area contributed by atoms with Crippen molar-refractivity contribution >= 4 is 24.0 Å². The van der Waals surface area contributed by atoms with Gasteiger partial charge in [0, 0.05) is 30.4 Å². The summed E-state index contributed by atoms with van der Waals surface area (Å²) in [5, 5.41) is 14.6. The molecule has 0 saturated carbocycles. The van der Waals surface area contributed by atoms with Crippen LogP contribution >= 0.6 is 12.2 Å². The number of nitrogens with one attached hydrogen (secondary N) is 2. The van der Waals surface area contributed by atoms with Gasteiger partial charge < -0.3 is 20.4 Å². The topological polar surface area (TPSA) is 108 Å². The van der Waals surface area contributed by atoms with Crippen molar-refractivity contribution in [1.82, 2.24) is 9.55 Å². The molecule has 0 radical (unpaired) electrons. The summed E-state index contributed by atoms with van der Waals surface area (Å²) in [4.78, 5) is 11.9. The number of H-pyrrole nitrogens is 1. The second-order valence-corrected chi connectivity index (χ2v) is 6.77. The number of fused-ring (bicyclic) bond motifs is 1. The summed E-state index contributed by atoms with van der Waals surface area (Å²) in [6.45, 7) is 0. The molecule has 1 heterocycles. The van der Waals surface area contributed by atoms with Gasteiger partial charge in [0.1, 0.15) is 11.6 Å². The quantitative estimate of drug-likeness (QED) is 0.255. The molecule has 0 aliphatic heterocycles. The first kappa shape index (κ1) is 22.5. The lowest BCUT2D eigenvalue weighted by Crippen LogP contribution is -2.23. The molecule has 12 heteroatoms. The van der Waals surface area contributed by atoms with Crippen LogP contribution < -0.4 is 5.73 Å². The molecular formula is C17H17F5N4O2S. The van der Waals surface area contributed by atoms with Crippen molar-refractivity contribution in [2.45, 2.75) is 37.9 Å². The zero-order chi connectivity index (χ0) is 21.9. The minimum atomic E-state index is -5.08. The molecule has 0 amide bonds. The molecule has 1 aromatic carbocycles. The van der Waals surface area contributed by atoms with E-state index in [1.54, 1.807) is 6.20 Å². The van der Waals surface area contributed by atoms with Crippen molar-refractivity contribution in [2.24, 2.45) is 5.73 Å². The summed E-state index contributed by atoms with van der Waals surface area (Å²) in [5.74, 6) is -3.74. The van der Waals surface area contributed by atoms with Gasteiger partial charge in [0.05, 0.1) is 5.84 Å². The molecule has 1 aromatic heterocycles. The lowest BCUT2D eigenvalue weighted by atomic mass is 9.87. The molecule has 0 spiro atoms. The first-order valence-corrected chi connectivity index (χ1v) is 8.69. The van der Waals surface area contributed by atoms with Gasteiger partial charge in [-0.3, -0.25) is 5.41 Å². The number of nitrogens with two attached hydrogens (primary N) is 1. The molecule has 29 heavy (non-hydrogen) atoms. The Hall–Kier alpha value is -2.76. The van der Waals surface area contributed by atoms with Gasteiger partial charge in [-0.1, -0.05) is 0 Å². The molecule has 158 valence electrons. The average molecular weight is 436 g/mol. The summed E-state index contributed by atoms with van der Waals surface area (Å²) in [6.07, 6.45) is -1.27. The van der Waals surface area contributed by atoms with E-state index >= 15 is 0 Å². The van der Waals surface area contributed by atoms with E-state index in [2.05, 4.69) is 4.98 Å². The predicted molar refractivity (Wildman–Crippen MR) is 96.3 cm³/mol. The number of alkyl halides is 3. The van der Waals surface area contributed by atoms with E-state index in [1.165, 1.54) is 6.07 Å². The van der Waals surface area contributed by atoms with Crippen molar-refractivity contribution in [1.29, 1.82) is 5.41 Å². The van der Waals surface area contributed by atoms with Gasteiger partial charge in [0.25, 0.3) is 0 Å². The number of carboxylic acid groups (broad SMARTS) is 1. The SMILES string of the molecule is N=C(N)Cc1c[nH]c(=S)n1C1CCc2c(F)cc(F)cc2C1.O=C(O)C(F)(F)F. The van der Waals surface area contributed by atoms with Crippen LogP contribution in [0.3, 0.4) is 0 Å². The maximum Gasteiger partial charge on any atom is 0.490 e. The monoisotopic (exact) mass is 436 g/mol. The third-order valence-corrected chi connectivity index (χ3v) is 4.62. The van der Waals surface area contributed by atoms with E-state index in [0.717, 1.165) is 11.8 Å². The average Bonchev–Trinajstić information content (AvgIpc) is 2.93. The van der Waals surface area contributed by atoms with E-state index in [9.17, 15) is 22.0 Å². The zero-order valence-corrected chi connectivity index (χ0v) is 15.6. The van der Waals surface area contributed by atoms with Gasteiger partial charge in [-0.2, -0.15) is 13.2 Å². The Balaban J connectivity index is 0.000000370. The van der Waals surface area contributed by atoms with Gasteiger partial charge in [-0.25, -0.2) is 13.6 Å². The highest BCUT2D eigenvalue weighted by Crippen LogP contribution is 2.32. The summed E-state index contributed by atoms with van der Waals surface area (Å²) in [7, 11) is 0. The number of benzene rings is 1. The second-order valence-electron chi connectivity index (χ2n) is 6.38. The number of hydrogen-bond acceptors (Lipinski definition) is 3. The van der Waals surface area contributed by atoms with Crippen molar-refractivity contribution < 1.29 is 31.9 Å². The fourth-order valence-corrected chi connectivity index (χ4v) is 3.48. The number of amidine groups is 1. The second kappa shape index (κ2) is 8.72. The number of carboxylic acids is 1. The smallest absolute Gasteiger partial charge is 0.475 e. The van der Waals surface area contributed by atoms with Crippen molar-refractivity contribution in [3.8, 4) is 0 Å². The number of aliphatic carboxylic acids is 1. The number of carbonyl (C=O) groups is 1. The molecular weight excluding hydrogens is 419 g/mol. The van der Waals surface area contributed by atoms with Gasteiger partial charge in [-0.15, -0.1) is 0 Å². The number of rotatable bonds is 3. The number of aromatic amines is 1. The Morgan fingerprint density at radius 1 is 1.38 bits per heavy atom. The Morgan fingerprint density at radius 2 is 2.00 bits per heavy atom. The van der Waals surface area contributed by atoms with E-state index < -0.39 is 23.8 Å². The van der Waals surface area contributed by atoms with Gasteiger partial charge in [0.2, 0.25) is 0 Å². The molecule has 6 nitrogen and oxygen atoms in total. The molecule has 1 unspecified atom stereocenters. The summed E-state index contributed by atoms with van der Waals surface area (Å²) >= 11 is 5.30. The first-order valence-electron chi connectivity index (χ1n) is 8.28. The van der Waals surface area contributed by atoms with Crippen LogP contribution in [0, 0.1) is 21.8 Å². The van der Waals surface area contributed by atoms with E-state index in [-0.39, 0.29) is 11.9 Å². The number of nitrogens with zero attached hydrogens (tertiary/aromatic N) is 1. The molecule has 1 aliphatic carbocycles. The molecule has 0 saturated heterocycles. The maximum absolute atomic E-state index is 13.8. The third-order valence-electron chi connectivity index (χ3n) is 4.31. The Morgan fingerprint density at radius 3 is 2.55 bits per heavy atom. The standard InChI is InChI=1S/C15H16F2N4S.C2HF3O2/c16-9-3-8-4-10(1-2-12(8)13(17)5-9)21-11(6-14(18)19)7-20-15(21)22;3-2(4,5)1(6)7/h3,5,7,10H,1-2,4,6H2,(H3,18,19)(H,20,22);(H,6,7). The molecule has 5 N–H and O–H groups in total.